The Hall–Kier alpha value is -3.14. The molecule has 0 N–H and O–H groups in total. The largest absolute Gasteiger partial charge is 0.493 e. The summed E-state index contributed by atoms with van der Waals surface area (Å²) < 4.78 is 12.9. The second kappa shape index (κ2) is 8.08. The number of aromatic nitrogens is 1. The molecule has 0 radical (unpaired) electrons. The summed E-state index contributed by atoms with van der Waals surface area (Å²) in [7, 11) is 3.22. The predicted octanol–water partition coefficient (Wildman–Crippen LogP) is 3.95. The fraction of sp³-hybridized carbons (Fsp3) is 0.280. The summed E-state index contributed by atoms with van der Waals surface area (Å²) in [5.74, 6) is 1.45. The fourth-order valence-electron chi connectivity index (χ4n) is 4.14. The number of Topliss-reactive ketones (excluding diaryl/α,β-unsaturated/α-hetero) is 1. The van der Waals surface area contributed by atoms with E-state index in [4.69, 9.17) is 9.47 Å². The first-order valence-electron chi connectivity index (χ1n) is 9.90. The van der Waals surface area contributed by atoms with Gasteiger partial charge in [-0.2, -0.15) is 0 Å². The van der Waals surface area contributed by atoms with E-state index >= 15 is 0 Å². The summed E-state index contributed by atoms with van der Waals surface area (Å²) in [6.07, 6.45) is 5.76. The van der Waals surface area contributed by atoms with Crippen molar-refractivity contribution in [1.29, 1.82) is 0 Å². The zero-order chi connectivity index (χ0) is 20.4. The van der Waals surface area contributed by atoms with Crippen LogP contribution in [0.1, 0.15) is 32.6 Å². The molecule has 4 rings (SSSR count). The number of fused-ring (bicyclic) bond motifs is 1. The molecule has 1 aromatic heterocycles. The number of carbonyl (C=O) groups excluding carboxylic acids is 1. The van der Waals surface area contributed by atoms with E-state index in [0.717, 1.165) is 30.5 Å². The predicted molar refractivity (Wildman–Crippen MR) is 112 cm³/mol. The molecule has 0 amide bonds. The molecule has 3 aromatic rings. The number of hydrogen-bond donors (Lipinski definition) is 0. The van der Waals surface area contributed by atoms with Crippen LogP contribution in [-0.4, -0.2) is 20.0 Å². The summed E-state index contributed by atoms with van der Waals surface area (Å²) in [6.45, 7) is 2.96. The highest BCUT2D eigenvalue weighted by Crippen LogP contribution is 2.37. The van der Waals surface area contributed by atoms with Crippen molar-refractivity contribution in [3.63, 3.8) is 0 Å². The van der Waals surface area contributed by atoms with E-state index in [-0.39, 0.29) is 11.7 Å². The van der Waals surface area contributed by atoms with Crippen LogP contribution < -0.4 is 14.0 Å². The van der Waals surface area contributed by atoms with Crippen LogP contribution in [0.2, 0.25) is 0 Å². The normalized spacial score (nSPS) is 15.3. The highest BCUT2D eigenvalue weighted by molar-refractivity contribution is 6.03. The van der Waals surface area contributed by atoms with Crippen LogP contribution in [0, 0.1) is 12.8 Å². The average molecular weight is 388 g/mol. The molecule has 4 nitrogen and oxygen atoms in total. The van der Waals surface area contributed by atoms with Crippen LogP contribution in [0.3, 0.4) is 0 Å². The molecule has 0 saturated carbocycles. The van der Waals surface area contributed by atoms with Crippen molar-refractivity contribution in [2.24, 2.45) is 5.92 Å². The molecule has 1 aliphatic rings. The molecule has 0 spiro atoms. The molecule has 1 unspecified atom stereocenters. The molecule has 0 aliphatic heterocycles. The zero-order valence-corrected chi connectivity index (χ0v) is 17.1. The van der Waals surface area contributed by atoms with E-state index in [1.54, 1.807) is 14.2 Å². The van der Waals surface area contributed by atoms with E-state index in [0.29, 0.717) is 11.5 Å². The van der Waals surface area contributed by atoms with E-state index in [1.807, 2.05) is 18.2 Å². The lowest BCUT2D eigenvalue weighted by Gasteiger charge is -2.10. The first-order valence-corrected chi connectivity index (χ1v) is 9.90. The SMILES string of the molecule is COc1cc2c(cc1OC)C(=O)C(Cc1cc[n+](Cc3ccccc3)cc1C)C2. The molecule has 0 fully saturated rings. The standard InChI is InChI=1S/C25H26NO3/c1-17-15-26(16-18-7-5-4-6-8-18)10-9-19(17)11-21-12-20-13-23(28-2)24(29-3)14-22(20)25(21)27/h4-10,13-15,21H,11-12,16H2,1-3H3/q+1. The van der Waals surface area contributed by atoms with Crippen molar-refractivity contribution in [2.75, 3.05) is 14.2 Å². The Morgan fingerprint density at radius 2 is 1.76 bits per heavy atom. The minimum absolute atomic E-state index is 0.0366. The zero-order valence-electron chi connectivity index (χ0n) is 17.1. The van der Waals surface area contributed by atoms with Gasteiger partial charge in [-0.15, -0.1) is 0 Å². The smallest absolute Gasteiger partial charge is 0.173 e. The topological polar surface area (TPSA) is 39.4 Å². The first-order chi connectivity index (χ1) is 14.1. The number of ketones is 1. The van der Waals surface area contributed by atoms with Gasteiger partial charge in [0, 0.05) is 28.7 Å². The first kappa shape index (κ1) is 19.2. The van der Waals surface area contributed by atoms with Crippen molar-refractivity contribution >= 4 is 5.78 Å². The Kier molecular flexibility index (Phi) is 5.34. The number of rotatable bonds is 6. The monoisotopic (exact) mass is 388 g/mol. The van der Waals surface area contributed by atoms with Gasteiger partial charge in [0.15, 0.2) is 36.2 Å². The molecule has 2 aromatic carbocycles. The van der Waals surface area contributed by atoms with Gasteiger partial charge in [-0.3, -0.25) is 4.79 Å². The van der Waals surface area contributed by atoms with Crippen molar-refractivity contribution in [1.82, 2.24) is 0 Å². The molecule has 148 valence electrons. The van der Waals surface area contributed by atoms with Gasteiger partial charge in [-0.1, -0.05) is 30.3 Å². The number of hydrogen-bond acceptors (Lipinski definition) is 3. The van der Waals surface area contributed by atoms with Gasteiger partial charge in [-0.05, 0) is 43.0 Å². The third kappa shape index (κ3) is 3.88. The third-order valence-corrected chi connectivity index (χ3v) is 5.72. The molecule has 0 bridgehead atoms. The van der Waals surface area contributed by atoms with Gasteiger partial charge in [0.05, 0.1) is 14.2 Å². The average Bonchev–Trinajstić information content (AvgIpc) is 3.04. The quantitative estimate of drug-likeness (QED) is 0.601. The Morgan fingerprint density at radius 1 is 1.03 bits per heavy atom. The lowest BCUT2D eigenvalue weighted by molar-refractivity contribution is -0.688. The maximum absolute atomic E-state index is 13.0. The van der Waals surface area contributed by atoms with Crippen LogP contribution in [0.4, 0.5) is 0 Å². The van der Waals surface area contributed by atoms with Gasteiger partial charge >= 0.3 is 0 Å². The number of methoxy groups -OCH3 is 2. The maximum atomic E-state index is 13.0. The van der Waals surface area contributed by atoms with Gasteiger partial charge in [-0.25, -0.2) is 4.57 Å². The molecule has 4 heteroatoms. The van der Waals surface area contributed by atoms with Gasteiger partial charge < -0.3 is 9.47 Å². The summed E-state index contributed by atoms with van der Waals surface area (Å²) in [4.78, 5) is 13.0. The van der Waals surface area contributed by atoms with Gasteiger partial charge in [0.1, 0.15) is 0 Å². The lowest BCUT2D eigenvalue weighted by Crippen LogP contribution is -2.34. The van der Waals surface area contributed by atoms with Crippen LogP contribution >= 0.6 is 0 Å². The van der Waals surface area contributed by atoms with Crippen molar-refractivity contribution in [3.8, 4) is 11.5 Å². The molecule has 1 atom stereocenters. The highest BCUT2D eigenvalue weighted by atomic mass is 16.5. The molecule has 29 heavy (non-hydrogen) atoms. The number of nitrogens with zero attached hydrogens (tertiary/aromatic N) is 1. The molecule has 0 saturated heterocycles. The van der Waals surface area contributed by atoms with Gasteiger partial charge in [0.2, 0.25) is 0 Å². The van der Waals surface area contributed by atoms with Crippen LogP contribution in [0.5, 0.6) is 11.5 Å². The summed E-state index contributed by atoms with van der Waals surface area (Å²) >= 11 is 0. The summed E-state index contributed by atoms with van der Waals surface area (Å²) in [6, 6.07) is 16.3. The summed E-state index contributed by atoms with van der Waals surface area (Å²) in [5, 5.41) is 0. The van der Waals surface area contributed by atoms with Crippen molar-refractivity contribution in [2.45, 2.75) is 26.3 Å². The fourth-order valence-corrected chi connectivity index (χ4v) is 4.14. The minimum Gasteiger partial charge on any atom is -0.493 e. The molecule has 1 heterocycles. The van der Waals surface area contributed by atoms with Crippen molar-refractivity contribution < 1.29 is 18.8 Å². The third-order valence-electron chi connectivity index (χ3n) is 5.72. The van der Waals surface area contributed by atoms with Crippen LogP contribution in [-0.2, 0) is 19.4 Å². The number of carbonyl (C=O) groups is 1. The van der Waals surface area contributed by atoms with E-state index in [9.17, 15) is 4.79 Å². The minimum atomic E-state index is -0.0366. The highest BCUT2D eigenvalue weighted by Gasteiger charge is 2.32. The van der Waals surface area contributed by atoms with Crippen molar-refractivity contribution in [3.05, 3.63) is 88.7 Å². The Labute approximate surface area is 171 Å². The second-order valence-corrected chi connectivity index (χ2v) is 7.64. The number of pyridine rings is 1. The number of ether oxygens (including phenoxy) is 2. The van der Waals surface area contributed by atoms with Crippen LogP contribution in [0.15, 0.2) is 60.9 Å². The van der Waals surface area contributed by atoms with E-state index in [1.165, 1.54) is 16.7 Å². The Balaban J connectivity index is 1.51. The number of benzene rings is 2. The van der Waals surface area contributed by atoms with E-state index < -0.39 is 0 Å². The van der Waals surface area contributed by atoms with E-state index in [2.05, 4.69) is 54.2 Å². The Bertz CT molecular complexity index is 1040. The maximum Gasteiger partial charge on any atom is 0.173 e. The molecular weight excluding hydrogens is 362 g/mol. The lowest BCUT2D eigenvalue weighted by atomic mass is 9.94. The summed E-state index contributed by atoms with van der Waals surface area (Å²) in [5.41, 5.74) is 5.52. The molecular formula is C25H26NO3+. The molecule has 1 aliphatic carbocycles. The second-order valence-electron chi connectivity index (χ2n) is 7.64. The number of aryl methyl sites for hydroxylation is 1. The van der Waals surface area contributed by atoms with Crippen LogP contribution in [0.25, 0.3) is 0 Å². The van der Waals surface area contributed by atoms with Gasteiger partial charge in [0.25, 0.3) is 0 Å². The Morgan fingerprint density at radius 3 is 2.45 bits per heavy atom.